The predicted octanol–water partition coefficient (Wildman–Crippen LogP) is 4.83. The first-order valence-corrected chi connectivity index (χ1v) is 9.38. The van der Waals surface area contributed by atoms with Crippen molar-refractivity contribution in [3.8, 4) is 17.4 Å². The number of nitrogens with zero attached hydrogens (tertiary/aromatic N) is 2. The molecule has 148 valence electrons. The van der Waals surface area contributed by atoms with E-state index in [-0.39, 0.29) is 24.2 Å². The van der Waals surface area contributed by atoms with Crippen LogP contribution in [0.2, 0.25) is 0 Å². The fraction of sp³-hybridized carbons (Fsp3) is 0.0870. The van der Waals surface area contributed by atoms with Gasteiger partial charge in [0.2, 0.25) is 5.91 Å². The zero-order valence-corrected chi connectivity index (χ0v) is 16.1. The number of ether oxygens (including phenoxy) is 1. The summed E-state index contributed by atoms with van der Waals surface area (Å²) in [6, 6.07) is 21.2. The van der Waals surface area contributed by atoms with E-state index in [9.17, 15) is 4.79 Å². The molecule has 3 aromatic carbocycles. The highest BCUT2D eigenvalue weighted by Gasteiger charge is 2.17. The van der Waals surface area contributed by atoms with Gasteiger partial charge in [0.1, 0.15) is 0 Å². The van der Waals surface area contributed by atoms with Gasteiger partial charge in [0.05, 0.1) is 13.5 Å². The number of rotatable bonds is 5. The first-order valence-electron chi connectivity index (χ1n) is 9.38. The minimum absolute atomic E-state index is 0.0163. The van der Waals surface area contributed by atoms with Crippen LogP contribution in [0.3, 0.4) is 0 Å². The lowest BCUT2D eigenvalue weighted by Crippen LogP contribution is -2.14. The van der Waals surface area contributed by atoms with Gasteiger partial charge in [-0.3, -0.25) is 10.1 Å². The second kappa shape index (κ2) is 7.36. The smallest absolute Gasteiger partial charge is 0.322 e. The van der Waals surface area contributed by atoms with E-state index in [1.807, 2.05) is 60.7 Å². The number of furan rings is 1. The Morgan fingerprint density at radius 1 is 0.967 bits per heavy atom. The second-order valence-corrected chi connectivity index (χ2v) is 6.76. The molecule has 0 bridgehead atoms. The van der Waals surface area contributed by atoms with Gasteiger partial charge < -0.3 is 13.6 Å². The molecule has 1 amide bonds. The summed E-state index contributed by atoms with van der Waals surface area (Å²) in [6.07, 6.45) is 0.195. The molecule has 2 heterocycles. The van der Waals surface area contributed by atoms with Crippen LogP contribution in [0, 0.1) is 0 Å². The summed E-state index contributed by atoms with van der Waals surface area (Å²) in [4.78, 5) is 12.5. The minimum Gasteiger partial charge on any atom is -0.493 e. The average molecular weight is 399 g/mol. The molecule has 0 aliphatic rings. The molecule has 1 N–H and O–H groups in total. The van der Waals surface area contributed by atoms with E-state index in [0.717, 1.165) is 21.7 Å². The molecule has 0 radical (unpaired) electrons. The van der Waals surface area contributed by atoms with Crippen LogP contribution in [0.25, 0.3) is 33.4 Å². The number of carbonyl (C=O) groups is 1. The van der Waals surface area contributed by atoms with Gasteiger partial charge in [-0.2, -0.15) is 0 Å². The fourth-order valence-electron chi connectivity index (χ4n) is 3.46. The molecular weight excluding hydrogens is 382 g/mol. The third-order valence-corrected chi connectivity index (χ3v) is 4.84. The Balaban J connectivity index is 1.35. The van der Waals surface area contributed by atoms with Gasteiger partial charge in [0.15, 0.2) is 17.1 Å². The summed E-state index contributed by atoms with van der Waals surface area (Å²) in [5, 5.41) is 13.5. The number of aromatic nitrogens is 2. The maximum absolute atomic E-state index is 12.5. The van der Waals surface area contributed by atoms with Crippen LogP contribution in [-0.4, -0.2) is 23.2 Å². The van der Waals surface area contributed by atoms with Crippen LogP contribution in [0.15, 0.2) is 75.6 Å². The Morgan fingerprint density at radius 2 is 1.77 bits per heavy atom. The predicted molar refractivity (Wildman–Crippen MR) is 112 cm³/mol. The molecule has 5 rings (SSSR count). The zero-order chi connectivity index (χ0) is 20.5. The highest BCUT2D eigenvalue weighted by molar-refractivity contribution is 5.95. The van der Waals surface area contributed by atoms with Crippen molar-refractivity contribution in [2.24, 2.45) is 0 Å². The molecule has 0 fully saturated rings. The summed E-state index contributed by atoms with van der Waals surface area (Å²) in [6.45, 7) is 0. The van der Waals surface area contributed by atoms with Crippen LogP contribution >= 0.6 is 0 Å². The molecule has 0 saturated heterocycles. The number of fused-ring (bicyclic) bond motifs is 2. The summed E-state index contributed by atoms with van der Waals surface area (Å²) < 4.78 is 16.7. The Labute approximate surface area is 171 Å². The van der Waals surface area contributed by atoms with Crippen molar-refractivity contribution in [3.63, 3.8) is 0 Å². The van der Waals surface area contributed by atoms with Crippen LogP contribution in [0.5, 0.6) is 5.75 Å². The number of benzene rings is 3. The molecule has 0 aliphatic carbocycles. The normalized spacial score (nSPS) is 11.1. The summed E-state index contributed by atoms with van der Waals surface area (Å²) >= 11 is 0. The number of amides is 1. The largest absolute Gasteiger partial charge is 0.493 e. The molecule has 0 aliphatic heterocycles. The Bertz CT molecular complexity index is 1360. The first kappa shape index (κ1) is 17.9. The van der Waals surface area contributed by atoms with E-state index < -0.39 is 0 Å². The summed E-state index contributed by atoms with van der Waals surface area (Å²) in [7, 11) is 1.58. The first-order chi connectivity index (χ1) is 14.7. The molecule has 0 saturated carbocycles. The highest BCUT2D eigenvalue weighted by atomic mass is 16.5. The van der Waals surface area contributed by atoms with Crippen molar-refractivity contribution < 1.29 is 18.4 Å². The maximum Gasteiger partial charge on any atom is 0.322 e. The Morgan fingerprint density at radius 3 is 2.67 bits per heavy atom. The molecule has 0 spiro atoms. The lowest BCUT2D eigenvalue weighted by molar-refractivity contribution is -0.115. The highest BCUT2D eigenvalue weighted by Crippen LogP contribution is 2.33. The minimum atomic E-state index is -0.243. The number of para-hydroxylation sites is 1. The van der Waals surface area contributed by atoms with Crippen molar-refractivity contribution in [1.82, 2.24) is 10.2 Å². The molecule has 0 unspecified atom stereocenters. The number of methoxy groups -OCH3 is 1. The standard InChI is InChI=1S/C23H17N3O4/c1-28-18-11-5-9-16-12-19(29-21(16)18)22-25-26-23(30-22)24-20(27)13-15-8-4-7-14-6-2-3-10-17(14)15/h2-12H,13H2,1H3,(H,24,26,27). The molecule has 7 heteroatoms. The number of nitrogens with one attached hydrogen (secondary N) is 1. The van der Waals surface area contributed by atoms with Crippen molar-refractivity contribution >= 4 is 33.7 Å². The van der Waals surface area contributed by atoms with Gasteiger partial charge in [0, 0.05) is 5.39 Å². The van der Waals surface area contributed by atoms with Crippen molar-refractivity contribution in [2.75, 3.05) is 12.4 Å². The SMILES string of the molecule is COc1cccc2cc(-c3nnc(NC(=O)Cc4cccc5ccccc45)o3)oc12. The van der Waals surface area contributed by atoms with Crippen LogP contribution in [-0.2, 0) is 11.2 Å². The quantitative estimate of drug-likeness (QED) is 0.455. The van der Waals surface area contributed by atoms with Crippen molar-refractivity contribution in [2.45, 2.75) is 6.42 Å². The van der Waals surface area contributed by atoms with Gasteiger partial charge in [-0.1, -0.05) is 59.7 Å². The number of anilines is 1. The van der Waals surface area contributed by atoms with Gasteiger partial charge in [0.25, 0.3) is 5.89 Å². The Hall–Kier alpha value is -4.13. The molecule has 0 atom stereocenters. The maximum atomic E-state index is 12.5. The van der Waals surface area contributed by atoms with E-state index in [0.29, 0.717) is 17.1 Å². The van der Waals surface area contributed by atoms with Gasteiger partial charge in [-0.05, 0) is 28.5 Å². The molecule has 2 aromatic heterocycles. The summed E-state index contributed by atoms with van der Waals surface area (Å²) in [5.74, 6) is 0.944. The van der Waals surface area contributed by atoms with Gasteiger partial charge >= 0.3 is 6.01 Å². The van der Waals surface area contributed by atoms with E-state index in [1.165, 1.54) is 0 Å². The molecular formula is C23H17N3O4. The second-order valence-electron chi connectivity index (χ2n) is 6.76. The molecule has 5 aromatic rings. The lowest BCUT2D eigenvalue weighted by Gasteiger charge is -2.05. The van der Waals surface area contributed by atoms with Crippen molar-refractivity contribution in [1.29, 1.82) is 0 Å². The lowest BCUT2D eigenvalue weighted by atomic mass is 10.0. The molecule has 30 heavy (non-hydrogen) atoms. The van der Waals surface area contributed by atoms with E-state index in [2.05, 4.69) is 15.5 Å². The summed E-state index contributed by atoms with van der Waals surface area (Å²) in [5.41, 5.74) is 1.52. The number of hydrogen-bond acceptors (Lipinski definition) is 6. The van der Waals surface area contributed by atoms with E-state index >= 15 is 0 Å². The van der Waals surface area contributed by atoms with E-state index in [4.69, 9.17) is 13.6 Å². The number of hydrogen-bond donors (Lipinski definition) is 1. The van der Waals surface area contributed by atoms with Crippen LogP contribution in [0.1, 0.15) is 5.56 Å². The third kappa shape index (κ3) is 3.26. The monoisotopic (exact) mass is 399 g/mol. The zero-order valence-electron chi connectivity index (χ0n) is 16.1. The van der Waals surface area contributed by atoms with Crippen molar-refractivity contribution in [3.05, 3.63) is 72.3 Å². The van der Waals surface area contributed by atoms with E-state index in [1.54, 1.807) is 13.2 Å². The van der Waals surface area contributed by atoms with Crippen LogP contribution < -0.4 is 10.1 Å². The molecule has 7 nitrogen and oxygen atoms in total. The van der Waals surface area contributed by atoms with Gasteiger partial charge in [-0.15, -0.1) is 5.10 Å². The fourth-order valence-corrected chi connectivity index (χ4v) is 3.46. The van der Waals surface area contributed by atoms with Gasteiger partial charge in [-0.25, -0.2) is 0 Å². The topological polar surface area (TPSA) is 90.4 Å². The number of carbonyl (C=O) groups excluding carboxylic acids is 1. The Kier molecular flexibility index (Phi) is 4.40. The average Bonchev–Trinajstić information content (AvgIpc) is 3.40. The third-order valence-electron chi connectivity index (χ3n) is 4.84. The van der Waals surface area contributed by atoms with Crippen LogP contribution in [0.4, 0.5) is 6.01 Å².